The van der Waals surface area contributed by atoms with Crippen LogP contribution in [0.3, 0.4) is 0 Å². The summed E-state index contributed by atoms with van der Waals surface area (Å²) in [6.07, 6.45) is 4.34. The lowest BCUT2D eigenvalue weighted by atomic mass is 10.1. The van der Waals surface area contributed by atoms with Crippen LogP contribution in [0.25, 0.3) is 11.0 Å². The molecule has 0 saturated heterocycles. The van der Waals surface area contributed by atoms with Gasteiger partial charge in [-0.25, -0.2) is 9.97 Å². The Hall–Kier alpha value is -3.80. The number of benzene rings is 3. The molecule has 0 aliphatic heterocycles. The normalized spacial score (nSPS) is 10.9. The number of rotatable bonds is 12. The van der Waals surface area contributed by atoms with Crippen molar-refractivity contribution in [3.05, 3.63) is 83.2 Å². The zero-order valence-electron chi connectivity index (χ0n) is 21.5. The first kappa shape index (κ1) is 25.3. The Labute approximate surface area is 213 Å². The van der Waals surface area contributed by atoms with Crippen LogP contribution >= 0.6 is 0 Å². The molecule has 1 heterocycles. The van der Waals surface area contributed by atoms with E-state index >= 15 is 0 Å². The van der Waals surface area contributed by atoms with Crippen LogP contribution in [0.4, 0.5) is 0 Å². The molecule has 0 aliphatic carbocycles. The summed E-state index contributed by atoms with van der Waals surface area (Å²) in [5.41, 5.74) is 5.23. The van der Waals surface area contributed by atoms with Crippen molar-refractivity contribution in [3.8, 4) is 23.0 Å². The molecule has 0 spiro atoms. The van der Waals surface area contributed by atoms with Crippen LogP contribution in [0, 0.1) is 0 Å². The van der Waals surface area contributed by atoms with E-state index in [0.717, 1.165) is 37.2 Å². The molecular weight excluding hydrogens is 452 g/mol. The zero-order valence-corrected chi connectivity index (χ0v) is 21.5. The molecule has 6 heteroatoms. The van der Waals surface area contributed by atoms with E-state index in [1.165, 1.54) is 11.1 Å². The fraction of sp³-hybridized carbons (Fsp3) is 0.333. The molecule has 0 bridgehead atoms. The maximum atomic E-state index is 6.11. The van der Waals surface area contributed by atoms with E-state index in [1.807, 2.05) is 36.4 Å². The summed E-state index contributed by atoms with van der Waals surface area (Å²) in [6.45, 7) is 4.86. The minimum absolute atomic E-state index is 0.255. The van der Waals surface area contributed by atoms with Gasteiger partial charge in [-0.3, -0.25) is 0 Å². The van der Waals surface area contributed by atoms with E-state index in [0.29, 0.717) is 33.9 Å². The molecule has 6 nitrogen and oxygen atoms in total. The quantitative estimate of drug-likeness (QED) is 0.222. The van der Waals surface area contributed by atoms with Gasteiger partial charge in [0, 0.05) is 0 Å². The summed E-state index contributed by atoms with van der Waals surface area (Å²) in [6, 6.07) is 20.1. The van der Waals surface area contributed by atoms with E-state index in [-0.39, 0.29) is 13.2 Å². The molecule has 3 aromatic carbocycles. The molecule has 0 amide bonds. The van der Waals surface area contributed by atoms with Crippen molar-refractivity contribution < 1.29 is 18.9 Å². The third-order valence-electron chi connectivity index (χ3n) is 6.02. The number of nitrogens with zero attached hydrogens (tertiary/aromatic N) is 2. The highest BCUT2D eigenvalue weighted by atomic mass is 16.5. The van der Waals surface area contributed by atoms with Gasteiger partial charge in [0.15, 0.2) is 0 Å². The Balaban J connectivity index is 1.63. The highest BCUT2D eigenvalue weighted by Gasteiger charge is 2.17. The number of methoxy groups -OCH3 is 2. The van der Waals surface area contributed by atoms with Crippen LogP contribution < -0.4 is 18.9 Å². The molecular formula is C30H34N2O4. The molecule has 188 valence electrons. The van der Waals surface area contributed by atoms with Crippen molar-refractivity contribution in [1.29, 1.82) is 0 Å². The standard InChI is InChI=1S/C30H34N2O4/c1-5-7-21-9-13-23(14-10-21)35-19-25-26(20-36-24-15-11-22(8-6-2)12-16-24)32-30-28(34-4)18-17-27(33-3)29(30)31-25/h9-18H,5-8,19-20H2,1-4H3. The molecule has 4 aromatic rings. The lowest BCUT2D eigenvalue weighted by Gasteiger charge is -2.15. The maximum absolute atomic E-state index is 6.11. The Bertz CT molecular complexity index is 1170. The maximum Gasteiger partial charge on any atom is 0.146 e. The van der Waals surface area contributed by atoms with E-state index in [4.69, 9.17) is 28.9 Å². The Morgan fingerprint density at radius 3 is 1.28 bits per heavy atom. The molecule has 4 rings (SSSR count). The summed E-state index contributed by atoms with van der Waals surface area (Å²) in [5.74, 6) is 2.82. The third-order valence-corrected chi connectivity index (χ3v) is 6.02. The average molecular weight is 487 g/mol. The van der Waals surface area contributed by atoms with Gasteiger partial charge >= 0.3 is 0 Å². The van der Waals surface area contributed by atoms with Crippen LogP contribution in [0.15, 0.2) is 60.7 Å². The Morgan fingerprint density at radius 1 is 0.556 bits per heavy atom. The zero-order chi connectivity index (χ0) is 25.3. The van der Waals surface area contributed by atoms with Crippen molar-refractivity contribution in [1.82, 2.24) is 9.97 Å². The van der Waals surface area contributed by atoms with Crippen LogP contribution in [0.1, 0.15) is 49.2 Å². The van der Waals surface area contributed by atoms with Gasteiger partial charge in [0.05, 0.1) is 14.2 Å². The van der Waals surface area contributed by atoms with Crippen molar-refractivity contribution in [2.45, 2.75) is 52.7 Å². The summed E-state index contributed by atoms with van der Waals surface area (Å²) < 4.78 is 23.3. The van der Waals surface area contributed by atoms with Gasteiger partial charge in [0.2, 0.25) is 0 Å². The van der Waals surface area contributed by atoms with Crippen molar-refractivity contribution in [2.24, 2.45) is 0 Å². The van der Waals surface area contributed by atoms with Gasteiger partial charge in [-0.1, -0.05) is 51.0 Å². The first-order valence-corrected chi connectivity index (χ1v) is 12.5. The predicted molar refractivity (Wildman–Crippen MR) is 142 cm³/mol. The molecule has 0 unspecified atom stereocenters. The fourth-order valence-corrected chi connectivity index (χ4v) is 4.10. The van der Waals surface area contributed by atoms with Crippen LogP contribution in [-0.2, 0) is 26.1 Å². The highest BCUT2D eigenvalue weighted by molar-refractivity contribution is 5.86. The number of hydrogen-bond donors (Lipinski definition) is 0. The number of fused-ring (bicyclic) bond motifs is 1. The topological polar surface area (TPSA) is 62.7 Å². The smallest absolute Gasteiger partial charge is 0.146 e. The summed E-state index contributed by atoms with van der Waals surface area (Å²) in [5, 5.41) is 0. The minimum atomic E-state index is 0.255. The average Bonchev–Trinajstić information content (AvgIpc) is 2.91. The third kappa shape index (κ3) is 6.06. The molecule has 0 saturated carbocycles. The monoisotopic (exact) mass is 486 g/mol. The molecule has 0 atom stereocenters. The SMILES string of the molecule is CCCc1ccc(OCc2nc3c(OC)ccc(OC)c3nc2COc2ccc(CCC)cc2)cc1. The summed E-state index contributed by atoms with van der Waals surface area (Å²) >= 11 is 0. The minimum Gasteiger partial charge on any atom is -0.494 e. The number of aromatic nitrogens is 2. The second kappa shape index (κ2) is 12.2. The van der Waals surface area contributed by atoms with Crippen molar-refractivity contribution in [3.63, 3.8) is 0 Å². The highest BCUT2D eigenvalue weighted by Crippen LogP contribution is 2.32. The van der Waals surface area contributed by atoms with Gasteiger partial charge in [-0.2, -0.15) is 0 Å². The summed E-state index contributed by atoms with van der Waals surface area (Å²) in [4.78, 5) is 9.79. The molecule has 0 radical (unpaired) electrons. The lowest BCUT2D eigenvalue weighted by Crippen LogP contribution is -2.10. The first-order valence-electron chi connectivity index (χ1n) is 12.5. The molecule has 0 fully saturated rings. The predicted octanol–water partition coefficient (Wildman–Crippen LogP) is 6.71. The van der Waals surface area contributed by atoms with Crippen molar-refractivity contribution >= 4 is 11.0 Å². The first-order chi connectivity index (χ1) is 17.6. The van der Waals surface area contributed by atoms with Crippen LogP contribution in [-0.4, -0.2) is 24.2 Å². The Morgan fingerprint density at radius 2 is 0.944 bits per heavy atom. The van der Waals surface area contributed by atoms with Gasteiger partial charge in [-0.05, 0) is 60.4 Å². The number of ether oxygens (including phenoxy) is 4. The summed E-state index contributed by atoms with van der Waals surface area (Å²) in [7, 11) is 3.24. The fourth-order valence-electron chi connectivity index (χ4n) is 4.10. The van der Waals surface area contributed by atoms with Crippen LogP contribution in [0.5, 0.6) is 23.0 Å². The number of hydrogen-bond acceptors (Lipinski definition) is 6. The second-order valence-corrected chi connectivity index (χ2v) is 8.65. The van der Waals surface area contributed by atoms with E-state index in [1.54, 1.807) is 14.2 Å². The lowest BCUT2D eigenvalue weighted by molar-refractivity contribution is 0.277. The van der Waals surface area contributed by atoms with Crippen molar-refractivity contribution in [2.75, 3.05) is 14.2 Å². The van der Waals surface area contributed by atoms with Gasteiger partial charge < -0.3 is 18.9 Å². The molecule has 0 N–H and O–H groups in total. The van der Waals surface area contributed by atoms with Gasteiger partial charge in [0.1, 0.15) is 58.6 Å². The van der Waals surface area contributed by atoms with Crippen LogP contribution in [0.2, 0.25) is 0 Å². The van der Waals surface area contributed by atoms with Gasteiger partial charge in [0.25, 0.3) is 0 Å². The molecule has 0 aliphatic rings. The van der Waals surface area contributed by atoms with E-state index in [2.05, 4.69) is 38.1 Å². The molecule has 36 heavy (non-hydrogen) atoms. The number of aryl methyl sites for hydroxylation is 2. The Kier molecular flexibility index (Phi) is 8.61. The van der Waals surface area contributed by atoms with Gasteiger partial charge in [-0.15, -0.1) is 0 Å². The van der Waals surface area contributed by atoms with E-state index in [9.17, 15) is 0 Å². The second-order valence-electron chi connectivity index (χ2n) is 8.65. The largest absolute Gasteiger partial charge is 0.494 e. The molecule has 1 aromatic heterocycles. The van der Waals surface area contributed by atoms with E-state index < -0.39 is 0 Å².